The Morgan fingerprint density at radius 1 is 0.871 bits per heavy atom. The van der Waals surface area contributed by atoms with Crippen molar-refractivity contribution in [3.63, 3.8) is 0 Å². The monoisotopic (exact) mass is 482 g/mol. The van der Waals surface area contributed by atoms with Gasteiger partial charge in [0.05, 0.1) is 16.1 Å². The molecular weight excluding hydrogens is 460 g/mol. The largest absolute Gasteiger partial charge is 0.490 e. The molecule has 0 fully saturated rings. The lowest BCUT2D eigenvalue weighted by Gasteiger charge is -2.14. The van der Waals surface area contributed by atoms with E-state index < -0.39 is 11.8 Å². The quantitative estimate of drug-likeness (QED) is 0.470. The van der Waals surface area contributed by atoms with Gasteiger partial charge in [-0.15, -0.1) is 0 Å². The highest BCUT2D eigenvalue weighted by molar-refractivity contribution is 9.10. The summed E-state index contributed by atoms with van der Waals surface area (Å²) in [5.41, 5.74) is 6.55. The van der Waals surface area contributed by atoms with Gasteiger partial charge >= 0.3 is 0 Å². The van der Waals surface area contributed by atoms with Gasteiger partial charge in [0.25, 0.3) is 11.8 Å². The van der Waals surface area contributed by atoms with Crippen LogP contribution in [-0.2, 0) is 6.61 Å². The minimum Gasteiger partial charge on any atom is -0.490 e. The van der Waals surface area contributed by atoms with Crippen LogP contribution in [0.3, 0.4) is 0 Å². The second kappa shape index (κ2) is 10.6. The Bertz CT molecular complexity index is 1050. The Morgan fingerprint density at radius 2 is 1.55 bits per heavy atom. The molecule has 0 heterocycles. The minimum absolute atomic E-state index is 0.0134. The van der Waals surface area contributed by atoms with Crippen molar-refractivity contribution in [3.8, 4) is 11.5 Å². The summed E-state index contributed by atoms with van der Waals surface area (Å²) in [4.78, 5) is 25.1. The third kappa shape index (κ3) is 6.33. The number of carbonyl (C=O) groups is 2. The van der Waals surface area contributed by atoms with E-state index in [-0.39, 0.29) is 6.10 Å². The lowest BCUT2D eigenvalue weighted by molar-refractivity contribution is 0.0844. The summed E-state index contributed by atoms with van der Waals surface area (Å²) in [6.07, 6.45) is 0.0134. The summed E-state index contributed by atoms with van der Waals surface area (Å²) in [6.45, 7) is 4.17. The molecule has 0 bridgehead atoms. The molecule has 7 heteroatoms. The Morgan fingerprint density at radius 3 is 2.26 bits per heavy atom. The normalized spacial score (nSPS) is 10.5. The van der Waals surface area contributed by atoms with E-state index in [9.17, 15) is 9.59 Å². The van der Waals surface area contributed by atoms with Gasteiger partial charge in [0.2, 0.25) is 0 Å². The van der Waals surface area contributed by atoms with Gasteiger partial charge in [-0.1, -0.05) is 42.5 Å². The van der Waals surface area contributed by atoms with Gasteiger partial charge in [-0.05, 0) is 65.7 Å². The van der Waals surface area contributed by atoms with Gasteiger partial charge in [0.1, 0.15) is 18.1 Å². The molecule has 3 rings (SSSR count). The van der Waals surface area contributed by atoms with E-state index in [1.54, 1.807) is 42.5 Å². The molecule has 0 unspecified atom stereocenters. The van der Waals surface area contributed by atoms with E-state index in [0.29, 0.717) is 33.7 Å². The fourth-order valence-electron chi connectivity index (χ4n) is 2.76. The van der Waals surface area contributed by atoms with Gasteiger partial charge in [-0.25, -0.2) is 0 Å². The van der Waals surface area contributed by atoms with E-state index in [4.69, 9.17) is 9.47 Å². The molecule has 0 aliphatic carbocycles. The average molecular weight is 483 g/mol. The Hall–Kier alpha value is -3.32. The smallest absolute Gasteiger partial charge is 0.273 e. The highest BCUT2D eigenvalue weighted by atomic mass is 79.9. The maximum Gasteiger partial charge on any atom is 0.273 e. The van der Waals surface area contributed by atoms with E-state index in [1.807, 2.05) is 44.2 Å². The molecule has 0 aliphatic heterocycles. The number of carbonyl (C=O) groups excluding carboxylic acids is 2. The zero-order valence-electron chi connectivity index (χ0n) is 17.2. The van der Waals surface area contributed by atoms with Gasteiger partial charge < -0.3 is 9.47 Å². The molecule has 0 radical (unpaired) electrons. The first-order chi connectivity index (χ1) is 14.9. The third-order valence-electron chi connectivity index (χ3n) is 4.22. The number of halogens is 1. The van der Waals surface area contributed by atoms with Gasteiger partial charge in [0.15, 0.2) is 0 Å². The first-order valence-electron chi connectivity index (χ1n) is 9.76. The van der Waals surface area contributed by atoms with Crippen LogP contribution in [0.1, 0.15) is 40.1 Å². The third-order valence-corrected chi connectivity index (χ3v) is 4.83. The topological polar surface area (TPSA) is 76.7 Å². The Labute approximate surface area is 189 Å². The molecule has 2 N–H and O–H groups in total. The number of hydrazine groups is 1. The zero-order chi connectivity index (χ0) is 22.2. The van der Waals surface area contributed by atoms with E-state index >= 15 is 0 Å². The summed E-state index contributed by atoms with van der Waals surface area (Å²) in [7, 11) is 0. The van der Waals surface area contributed by atoms with Crippen LogP contribution in [0, 0.1) is 0 Å². The molecule has 0 saturated heterocycles. The van der Waals surface area contributed by atoms with Crippen LogP contribution in [0.15, 0.2) is 77.3 Å². The van der Waals surface area contributed by atoms with Crippen molar-refractivity contribution in [1.29, 1.82) is 0 Å². The molecule has 0 saturated carbocycles. The molecule has 160 valence electrons. The maximum atomic E-state index is 12.6. The lowest BCUT2D eigenvalue weighted by atomic mass is 10.2. The average Bonchev–Trinajstić information content (AvgIpc) is 2.77. The number of rotatable bonds is 7. The summed E-state index contributed by atoms with van der Waals surface area (Å²) >= 11 is 3.40. The Balaban J connectivity index is 1.62. The van der Waals surface area contributed by atoms with E-state index in [1.165, 1.54) is 0 Å². The van der Waals surface area contributed by atoms with E-state index in [2.05, 4.69) is 26.8 Å². The molecular formula is C24H23BrN2O4. The standard InChI is InChI=1S/C24H23BrN2O4/c1-16(2)31-22-13-12-18(14-20(22)25)23(28)26-27-24(29)19-10-6-7-11-21(19)30-15-17-8-4-3-5-9-17/h3-14,16H,15H2,1-2H3,(H,26,28)(H,27,29). The first-order valence-corrected chi connectivity index (χ1v) is 10.6. The molecule has 0 spiro atoms. The van der Waals surface area contributed by atoms with Crippen LogP contribution in [0.5, 0.6) is 11.5 Å². The summed E-state index contributed by atoms with van der Waals surface area (Å²) in [5, 5.41) is 0. The molecule has 0 atom stereocenters. The molecule has 31 heavy (non-hydrogen) atoms. The maximum absolute atomic E-state index is 12.6. The van der Waals surface area contributed by atoms with Crippen molar-refractivity contribution >= 4 is 27.7 Å². The molecule has 0 aromatic heterocycles. The Kier molecular flexibility index (Phi) is 7.67. The molecule has 2 amide bonds. The number of amides is 2. The zero-order valence-corrected chi connectivity index (χ0v) is 18.8. The number of para-hydroxylation sites is 1. The molecule has 0 aliphatic rings. The van der Waals surface area contributed by atoms with Crippen LogP contribution < -0.4 is 20.3 Å². The second-order valence-electron chi connectivity index (χ2n) is 6.99. The van der Waals surface area contributed by atoms with Crippen LogP contribution in [0.2, 0.25) is 0 Å². The second-order valence-corrected chi connectivity index (χ2v) is 7.84. The highest BCUT2D eigenvalue weighted by Crippen LogP contribution is 2.27. The molecule has 3 aromatic rings. The minimum atomic E-state index is -0.476. The molecule has 6 nitrogen and oxygen atoms in total. The number of nitrogens with one attached hydrogen (secondary N) is 2. The van der Waals surface area contributed by atoms with Crippen LogP contribution >= 0.6 is 15.9 Å². The van der Waals surface area contributed by atoms with Crippen molar-refractivity contribution in [2.45, 2.75) is 26.6 Å². The fourth-order valence-corrected chi connectivity index (χ4v) is 3.23. The fraction of sp³-hybridized carbons (Fsp3) is 0.167. The van der Waals surface area contributed by atoms with Crippen LogP contribution in [0.25, 0.3) is 0 Å². The van der Waals surface area contributed by atoms with Crippen LogP contribution in [0.4, 0.5) is 0 Å². The summed E-state index contributed by atoms with van der Waals surface area (Å²) < 4.78 is 12.1. The molecule has 3 aromatic carbocycles. The lowest BCUT2D eigenvalue weighted by Crippen LogP contribution is -2.41. The predicted octanol–water partition coefficient (Wildman–Crippen LogP) is 4.89. The highest BCUT2D eigenvalue weighted by Gasteiger charge is 2.15. The van der Waals surface area contributed by atoms with Crippen molar-refractivity contribution in [2.24, 2.45) is 0 Å². The van der Waals surface area contributed by atoms with Gasteiger partial charge in [-0.2, -0.15) is 0 Å². The van der Waals surface area contributed by atoms with Crippen molar-refractivity contribution < 1.29 is 19.1 Å². The summed E-state index contributed by atoms with van der Waals surface area (Å²) in [6, 6.07) is 21.5. The van der Waals surface area contributed by atoms with Gasteiger partial charge in [0, 0.05) is 5.56 Å². The number of benzene rings is 3. The number of hydrogen-bond donors (Lipinski definition) is 2. The first kappa shape index (κ1) is 22.4. The number of ether oxygens (including phenoxy) is 2. The van der Waals surface area contributed by atoms with Crippen molar-refractivity contribution in [3.05, 3.63) is 94.0 Å². The van der Waals surface area contributed by atoms with Crippen LogP contribution in [-0.4, -0.2) is 17.9 Å². The summed E-state index contributed by atoms with van der Waals surface area (Å²) in [5.74, 6) is 0.139. The number of hydrogen-bond acceptors (Lipinski definition) is 4. The van der Waals surface area contributed by atoms with E-state index in [0.717, 1.165) is 5.56 Å². The predicted molar refractivity (Wildman–Crippen MR) is 122 cm³/mol. The SMILES string of the molecule is CC(C)Oc1ccc(C(=O)NNC(=O)c2ccccc2OCc2ccccc2)cc1Br. The van der Waals surface area contributed by atoms with Gasteiger partial charge in [-0.3, -0.25) is 20.4 Å². The van der Waals surface area contributed by atoms with Crippen molar-refractivity contribution in [1.82, 2.24) is 10.9 Å². The van der Waals surface area contributed by atoms with Crippen molar-refractivity contribution in [2.75, 3.05) is 0 Å².